The normalized spacial score (nSPS) is 18.4. The van der Waals surface area contributed by atoms with E-state index in [0.29, 0.717) is 0 Å². The summed E-state index contributed by atoms with van der Waals surface area (Å²) in [5.74, 6) is 0. The minimum Gasteiger partial charge on any atom is -0.330 e. The monoisotopic (exact) mass is 217 g/mol. The van der Waals surface area contributed by atoms with Crippen LogP contribution in [-0.2, 0) is 0 Å². The highest BCUT2D eigenvalue weighted by molar-refractivity contribution is 4.70. The zero-order valence-electron chi connectivity index (χ0n) is 10.8. The first-order chi connectivity index (χ1) is 7.36. The Balaban J connectivity index is 0. The molecule has 1 aliphatic heterocycles. The number of nitrogens with two attached hydrogens (primary N) is 1. The van der Waals surface area contributed by atoms with Crippen molar-refractivity contribution in [2.45, 2.75) is 33.6 Å². The van der Waals surface area contributed by atoms with Crippen molar-refractivity contribution >= 4 is 0 Å². The van der Waals surface area contributed by atoms with E-state index in [1.54, 1.807) is 0 Å². The molecule has 15 heavy (non-hydrogen) atoms. The van der Waals surface area contributed by atoms with Crippen LogP contribution in [0, 0.1) is 0 Å². The predicted molar refractivity (Wildman–Crippen MR) is 70.3 cm³/mol. The molecule has 0 spiro atoms. The average molecular weight is 217 g/mol. The van der Waals surface area contributed by atoms with Gasteiger partial charge in [-0.1, -0.05) is 20.8 Å². The summed E-state index contributed by atoms with van der Waals surface area (Å²) >= 11 is 0. The molecule has 0 aromatic carbocycles. The van der Waals surface area contributed by atoms with Gasteiger partial charge in [-0.15, -0.1) is 0 Å². The van der Waals surface area contributed by atoms with Crippen LogP contribution in [-0.4, -0.2) is 55.6 Å². The van der Waals surface area contributed by atoms with E-state index < -0.39 is 0 Å². The molecule has 1 saturated heterocycles. The molecule has 1 rings (SSSR count). The molecule has 0 bridgehead atoms. The Morgan fingerprint density at radius 2 is 1.53 bits per heavy atom. The van der Waals surface area contributed by atoms with Gasteiger partial charge in [0, 0.05) is 27.6 Å². The molecule has 3 heteroatoms. The smallest absolute Gasteiger partial charge is 0.0110 e. The third kappa shape index (κ3) is 6.88. The molecule has 1 aliphatic rings. The zero-order chi connectivity index (χ0) is 11.5. The largest absolute Gasteiger partial charge is 0.330 e. The molecule has 0 saturated carbocycles. The van der Waals surface area contributed by atoms with Crippen molar-refractivity contribution in [3.8, 4) is 0 Å². The van der Waals surface area contributed by atoms with Crippen molar-refractivity contribution in [1.82, 2.24) is 9.80 Å². The second-order valence-electron chi connectivity index (χ2n) is 3.77. The molecule has 0 unspecified atom stereocenters. The molecule has 0 aliphatic carbocycles. The Hall–Kier alpha value is -0.120. The van der Waals surface area contributed by atoms with Crippen molar-refractivity contribution in [3.05, 3.63) is 0 Å². The first kappa shape index (κ1) is 14.9. The summed E-state index contributed by atoms with van der Waals surface area (Å²) in [6, 6.07) is 0. The van der Waals surface area contributed by atoms with Crippen LogP contribution >= 0.6 is 0 Å². The molecule has 3 nitrogen and oxygen atoms in total. The number of hydrogen-bond donors (Lipinski definition) is 1. The molecule has 0 radical (unpaired) electrons. The molecule has 0 atom stereocenters. The Morgan fingerprint density at radius 1 is 1.00 bits per heavy atom. The van der Waals surface area contributed by atoms with Gasteiger partial charge < -0.3 is 15.5 Å². The van der Waals surface area contributed by atoms with Crippen LogP contribution in [0.15, 0.2) is 0 Å². The third-order valence-electron chi connectivity index (χ3n) is 2.84. The van der Waals surface area contributed by atoms with Crippen LogP contribution in [0.4, 0.5) is 0 Å². The summed E-state index contributed by atoms with van der Waals surface area (Å²) in [5, 5.41) is 0. The van der Waals surface area contributed by atoms with E-state index in [1.165, 1.54) is 52.1 Å². The Morgan fingerprint density at radius 3 is 2.00 bits per heavy atom. The topological polar surface area (TPSA) is 32.5 Å². The number of likely N-dealkylation sites (N-methyl/N-ethyl adjacent to an activating group) is 1. The fourth-order valence-corrected chi connectivity index (χ4v) is 1.81. The second kappa shape index (κ2) is 10.4. The van der Waals surface area contributed by atoms with Gasteiger partial charge in [0.25, 0.3) is 0 Å². The summed E-state index contributed by atoms with van der Waals surface area (Å²) in [5.41, 5.74) is 5.46. The summed E-state index contributed by atoms with van der Waals surface area (Å²) < 4.78 is 0. The van der Waals surface area contributed by atoms with Gasteiger partial charge in [0.2, 0.25) is 0 Å². The lowest BCUT2D eigenvalue weighted by atomic mass is 10.2. The summed E-state index contributed by atoms with van der Waals surface area (Å²) in [7, 11) is 0. The maximum Gasteiger partial charge on any atom is 0.0110 e. The van der Waals surface area contributed by atoms with Gasteiger partial charge >= 0.3 is 0 Å². The van der Waals surface area contributed by atoms with Crippen molar-refractivity contribution in [3.63, 3.8) is 0 Å². The second-order valence-corrected chi connectivity index (χ2v) is 3.77. The van der Waals surface area contributed by atoms with Crippen molar-refractivity contribution in [2.24, 2.45) is 5.73 Å². The maximum absolute atomic E-state index is 5.46. The molecule has 2 N–H and O–H groups in total. The maximum atomic E-state index is 5.46. The summed E-state index contributed by atoms with van der Waals surface area (Å²) in [4.78, 5) is 5.07. The number of piperazine rings is 1. The van der Waals surface area contributed by atoms with Crippen molar-refractivity contribution in [1.29, 1.82) is 0 Å². The predicted octanol–water partition coefficient (Wildman–Crippen LogP) is 1.64. The number of rotatable bonds is 5. The molecular weight excluding hydrogens is 186 g/mol. The number of nitrogens with zero attached hydrogens (tertiary/aromatic N) is 2. The first-order valence-corrected chi connectivity index (χ1v) is 6.51. The summed E-state index contributed by atoms with van der Waals surface area (Å²) in [6.45, 7) is 14.5. The zero-order valence-corrected chi connectivity index (χ0v) is 10.8. The van der Waals surface area contributed by atoms with Gasteiger partial charge in [0.15, 0.2) is 0 Å². The lowest BCUT2D eigenvalue weighted by Gasteiger charge is -2.33. The quantitative estimate of drug-likeness (QED) is 0.711. The average Bonchev–Trinajstić information content (AvgIpc) is 2.33. The first-order valence-electron chi connectivity index (χ1n) is 6.51. The van der Waals surface area contributed by atoms with E-state index >= 15 is 0 Å². The number of hydrogen-bond acceptors (Lipinski definition) is 3. The minimum absolute atomic E-state index is 0. The molecule has 94 valence electrons. The molecule has 0 aromatic rings. The van der Waals surface area contributed by atoms with Crippen LogP contribution in [0.3, 0.4) is 0 Å². The van der Waals surface area contributed by atoms with Crippen LogP contribution in [0.25, 0.3) is 0 Å². The standard InChI is InChI=1S/C10H23N3.C2H6.H2/c1-2-12-7-9-13(10-8-12)6-4-3-5-11;1-2;/h2-11H2,1H3;1-2H3;1H. The van der Waals surface area contributed by atoms with Crippen LogP contribution in [0.2, 0.25) is 0 Å². The van der Waals surface area contributed by atoms with Crippen LogP contribution in [0.1, 0.15) is 35.0 Å². The lowest BCUT2D eigenvalue weighted by molar-refractivity contribution is 0.136. The van der Waals surface area contributed by atoms with Crippen LogP contribution < -0.4 is 5.73 Å². The van der Waals surface area contributed by atoms with E-state index in [9.17, 15) is 0 Å². The minimum atomic E-state index is 0. The van der Waals surface area contributed by atoms with Gasteiger partial charge in [0.05, 0.1) is 0 Å². The fourth-order valence-electron chi connectivity index (χ4n) is 1.81. The van der Waals surface area contributed by atoms with E-state index in [4.69, 9.17) is 5.73 Å². The highest BCUT2D eigenvalue weighted by Gasteiger charge is 2.13. The Labute approximate surface area is 97.1 Å². The molecule has 0 aromatic heterocycles. The van der Waals surface area contributed by atoms with Gasteiger partial charge in [-0.2, -0.15) is 0 Å². The van der Waals surface area contributed by atoms with E-state index in [1.807, 2.05) is 13.8 Å². The fraction of sp³-hybridized carbons (Fsp3) is 1.00. The van der Waals surface area contributed by atoms with E-state index in [2.05, 4.69) is 16.7 Å². The Kier molecular flexibility index (Phi) is 10.3. The lowest BCUT2D eigenvalue weighted by Crippen LogP contribution is -2.46. The third-order valence-corrected chi connectivity index (χ3v) is 2.84. The summed E-state index contributed by atoms with van der Waals surface area (Å²) in [6.07, 6.45) is 2.44. The Bertz CT molecular complexity index is 123. The van der Waals surface area contributed by atoms with Crippen LogP contribution in [0.5, 0.6) is 0 Å². The SMILES string of the molecule is CC.CCN1CCN(CCCCN)CC1.[HH]. The van der Waals surface area contributed by atoms with Gasteiger partial charge in [0.1, 0.15) is 0 Å². The van der Waals surface area contributed by atoms with Crippen molar-refractivity contribution in [2.75, 3.05) is 45.8 Å². The molecule has 1 heterocycles. The van der Waals surface area contributed by atoms with Gasteiger partial charge in [-0.25, -0.2) is 0 Å². The molecular formula is C12H31N3. The van der Waals surface area contributed by atoms with E-state index in [-0.39, 0.29) is 1.43 Å². The van der Waals surface area contributed by atoms with Gasteiger partial charge in [-0.3, -0.25) is 0 Å². The highest BCUT2D eigenvalue weighted by atomic mass is 15.3. The van der Waals surface area contributed by atoms with E-state index in [0.717, 1.165) is 6.54 Å². The van der Waals surface area contributed by atoms with Crippen molar-refractivity contribution < 1.29 is 1.43 Å². The number of unbranched alkanes of at least 4 members (excludes halogenated alkanes) is 1. The molecule has 0 amide bonds. The van der Waals surface area contributed by atoms with Gasteiger partial charge in [-0.05, 0) is 32.5 Å². The highest BCUT2D eigenvalue weighted by Crippen LogP contribution is 2.02. The molecule has 1 fully saturated rings.